The second-order valence-corrected chi connectivity index (χ2v) is 5.57. The van der Waals surface area contributed by atoms with Crippen molar-refractivity contribution in [1.29, 1.82) is 0 Å². The van der Waals surface area contributed by atoms with Crippen molar-refractivity contribution >= 4 is 11.5 Å². The van der Waals surface area contributed by atoms with Crippen LogP contribution in [-0.4, -0.2) is 24.2 Å². The number of rotatable bonds is 5. The summed E-state index contributed by atoms with van der Waals surface area (Å²) >= 11 is 0. The number of hydrogen-bond donors (Lipinski definition) is 1. The van der Waals surface area contributed by atoms with Gasteiger partial charge in [0, 0.05) is 29.4 Å². The van der Waals surface area contributed by atoms with Gasteiger partial charge < -0.3 is 14.8 Å². The highest BCUT2D eigenvalue weighted by atomic mass is 19.1. The number of nitrogens with zero attached hydrogens (tertiary/aromatic N) is 2. The van der Waals surface area contributed by atoms with Crippen molar-refractivity contribution in [2.24, 2.45) is 0 Å². The molecule has 3 rings (SSSR count). The number of nitrogens with one attached hydrogen (secondary N) is 1. The topological polar surface area (TPSA) is 56.3 Å². The summed E-state index contributed by atoms with van der Waals surface area (Å²) in [6, 6.07) is 8.95. The Kier molecular flexibility index (Phi) is 4.97. The first-order valence-corrected chi connectivity index (χ1v) is 7.79. The van der Waals surface area contributed by atoms with E-state index in [0.717, 1.165) is 0 Å². The summed E-state index contributed by atoms with van der Waals surface area (Å²) in [7, 11) is 2.88. The first kappa shape index (κ1) is 17.6. The van der Waals surface area contributed by atoms with Crippen LogP contribution in [0.5, 0.6) is 11.5 Å². The lowest BCUT2D eigenvalue weighted by Crippen LogP contribution is -1.99. The summed E-state index contributed by atoms with van der Waals surface area (Å²) in [6.45, 7) is 1.75. The van der Waals surface area contributed by atoms with Crippen LogP contribution in [0.25, 0.3) is 11.3 Å². The Morgan fingerprint density at radius 1 is 0.962 bits per heavy atom. The number of aryl methyl sites for hydroxylation is 1. The minimum atomic E-state index is -0.468. The van der Waals surface area contributed by atoms with E-state index >= 15 is 0 Å². The molecule has 0 radical (unpaired) electrons. The average Bonchev–Trinajstić information content (AvgIpc) is 2.61. The van der Waals surface area contributed by atoms with E-state index in [1.807, 2.05) is 0 Å². The molecule has 5 nitrogen and oxygen atoms in total. The molecule has 0 atom stereocenters. The summed E-state index contributed by atoms with van der Waals surface area (Å²) in [5.74, 6) is 0.160. The maximum atomic E-state index is 14.0. The van der Waals surface area contributed by atoms with Crippen molar-refractivity contribution < 1.29 is 18.3 Å². The van der Waals surface area contributed by atoms with Gasteiger partial charge in [-0.05, 0) is 30.7 Å². The predicted molar refractivity (Wildman–Crippen MR) is 94.9 cm³/mol. The Hall–Kier alpha value is -3.22. The molecule has 0 saturated heterocycles. The number of anilines is 2. The largest absolute Gasteiger partial charge is 0.496 e. The molecule has 0 aliphatic heterocycles. The van der Waals surface area contributed by atoms with Gasteiger partial charge in [-0.15, -0.1) is 0 Å². The highest BCUT2D eigenvalue weighted by Gasteiger charge is 2.12. The molecule has 1 aromatic heterocycles. The molecule has 1 N–H and O–H groups in total. The molecule has 0 aliphatic carbocycles. The lowest BCUT2D eigenvalue weighted by atomic mass is 10.1. The van der Waals surface area contributed by atoms with Crippen molar-refractivity contribution in [3.05, 3.63) is 59.9 Å². The molecule has 3 aromatic rings. The van der Waals surface area contributed by atoms with Gasteiger partial charge in [-0.2, -0.15) is 0 Å². The molecule has 0 aliphatic rings. The van der Waals surface area contributed by atoms with Crippen LogP contribution in [0.1, 0.15) is 5.56 Å². The second kappa shape index (κ2) is 7.35. The molecular weight excluding hydrogens is 340 g/mol. The standard InChI is InChI=1S/C19H17F2N3O2/c1-11-6-13(8-15(21)19(11)26-3)24-18-9-16(22-10-23-18)14-5-4-12(20)7-17(14)25-2/h4-10H,1-3H3,(H,22,23,24). The summed E-state index contributed by atoms with van der Waals surface area (Å²) in [5.41, 5.74) is 2.35. The van der Waals surface area contributed by atoms with Gasteiger partial charge in [0.1, 0.15) is 23.7 Å². The smallest absolute Gasteiger partial charge is 0.167 e. The third-order valence-corrected chi connectivity index (χ3v) is 3.81. The highest BCUT2D eigenvalue weighted by molar-refractivity contribution is 5.70. The van der Waals surface area contributed by atoms with Gasteiger partial charge in [-0.1, -0.05) is 0 Å². The molecule has 0 amide bonds. The van der Waals surface area contributed by atoms with Crippen molar-refractivity contribution in [1.82, 2.24) is 9.97 Å². The van der Waals surface area contributed by atoms with Crippen LogP contribution < -0.4 is 14.8 Å². The van der Waals surface area contributed by atoms with Gasteiger partial charge >= 0.3 is 0 Å². The fraction of sp³-hybridized carbons (Fsp3) is 0.158. The normalized spacial score (nSPS) is 10.5. The van der Waals surface area contributed by atoms with E-state index in [9.17, 15) is 8.78 Å². The van der Waals surface area contributed by atoms with Gasteiger partial charge in [0.05, 0.1) is 19.9 Å². The first-order chi connectivity index (χ1) is 12.5. The minimum Gasteiger partial charge on any atom is -0.496 e. The molecule has 2 aromatic carbocycles. The van der Waals surface area contributed by atoms with Crippen LogP contribution in [0.2, 0.25) is 0 Å². The fourth-order valence-corrected chi connectivity index (χ4v) is 2.66. The number of aromatic nitrogens is 2. The molecule has 0 unspecified atom stereocenters. The lowest BCUT2D eigenvalue weighted by molar-refractivity contribution is 0.383. The fourth-order valence-electron chi connectivity index (χ4n) is 2.66. The minimum absolute atomic E-state index is 0.204. The van der Waals surface area contributed by atoms with Crippen LogP contribution in [0, 0.1) is 18.6 Å². The Morgan fingerprint density at radius 3 is 2.46 bits per heavy atom. The highest BCUT2D eigenvalue weighted by Crippen LogP contribution is 2.31. The van der Waals surface area contributed by atoms with Crippen LogP contribution in [0.4, 0.5) is 20.3 Å². The maximum absolute atomic E-state index is 14.0. The van der Waals surface area contributed by atoms with E-state index in [0.29, 0.717) is 34.1 Å². The quantitative estimate of drug-likeness (QED) is 0.729. The van der Waals surface area contributed by atoms with Crippen LogP contribution in [0.3, 0.4) is 0 Å². The molecule has 1 heterocycles. The summed E-state index contributed by atoms with van der Waals surface area (Å²) in [5, 5.41) is 3.03. The molecule has 0 fully saturated rings. The molecule has 7 heteroatoms. The van der Waals surface area contributed by atoms with E-state index in [1.54, 1.807) is 25.1 Å². The van der Waals surface area contributed by atoms with Gasteiger partial charge in [0.25, 0.3) is 0 Å². The molecule has 0 bridgehead atoms. The van der Waals surface area contributed by atoms with Crippen molar-refractivity contribution in [2.75, 3.05) is 19.5 Å². The Morgan fingerprint density at radius 2 is 1.77 bits per heavy atom. The lowest BCUT2D eigenvalue weighted by Gasteiger charge is -2.12. The number of ether oxygens (including phenoxy) is 2. The Labute approximate surface area is 149 Å². The van der Waals surface area contributed by atoms with E-state index in [-0.39, 0.29) is 5.75 Å². The zero-order valence-corrected chi connectivity index (χ0v) is 14.5. The van der Waals surface area contributed by atoms with E-state index in [2.05, 4.69) is 15.3 Å². The molecule has 0 saturated carbocycles. The van der Waals surface area contributed by atoms with Crippen molar-refractivity contribution in [2.45, 2.75) is 6.92 Å². The molecule has 26 heavy (non-hydrogen) atoms. The Balaban J connectivity index is 1.94. The van der Waals surface area contributed by atoms with E-state index in [4.69, 9.17) is 9.47 Å². The third kappa shape index (κ3) is 3.56. The maximum Gasteiger partial charge on any atom is 0.167 e. The molecule has 134 valence electrons. The number of benzene rings is 2. The van der Waals surface area contributed by atoms with Crippen molar-refractivity contribution in [3.8, 4) is 22.8 Å². The van der Waals surface area contributed by atoms with E-state index < -0.39 is 11.6 Å². The van der Waals surface area contributed by atoms with Gasteiger partial charge in [-0.3, -0.25) is 0 Å². The Bertz CT molecular complexity index is 925. The van der Waals surface area contributed by atoms with Gasteiger partial charge in [0.15, 0.2) is 11.6 Å². The van der Waals surface area contributed by atoms with Crippen LogP contribution in [-0.2, 0) is 0 Å². The number of hydrogen-bond acceptors (Lipinski definition) is 5. The van der Waals surface area contributed by atoms with Crippen LogP contribution in [0.15, 0.2) is 42.7 Å². The third-order valence-electron chi connectivity index (χ3n) is 3.81. The summed E-state index contributed by atoms with van der Waals surface area (Å²) in [4.78, 5) is 8.35. The monoisotopic (exact) mass is 357 g/mol. The predicted octanol–water partition coefficient (Wildman–Crippen LogP) is 4.49. The van der Waals surface area contributed by atoms with E-state index in [1.165, 1.54) is 38.7 Å². The number of methoxy groups -OCH3 is 2. The van der Waals surface area contributed by atoms with Crippen molar-refractivity contribution in [3.63, 3.8) is 0 Å². The van der Waals surface area contributed by atoms with Gasteiger partial charge in [-0.25, -0.2) is 18.7 Å². The van der Waals surface area contributed by atoms with Gasteiger partial charge in [0.2, 0.25) is 0 Å². The average molecular weight is 357 g/mol. The first-order valence-electron chi connectivity index (χ1n) is 7.79. The molecular formula is C19H17F2N3O2. The summed E-state index contributed by atoms with van der Waals surface area (Å²) < 4.78 is 37.7. The zero-order valence-electron chi connectivity index (χ0n) is 14.5. The summed E-state index contributed by atoms with van der Waals surface area (Å²) in [6.07, 6.45) is 1.37. The SMILES string of the molecule is COc1cc(F)ccc1-c1cc(Nc2cc(C)c(OC)c(F)c2)ncn1. The number of halogens is 2. The van der Waals surface area contributed by atoms with Crippen LogP contribution >= 0.6 is 0 Å². The molecule has 0 spiro atoms. The second-order valence-electron chi connectivity index (χ2n) is 5.57. The zero-order chi connectivity index (χ0) is 18.7.